The van der Waals surface area contributed by atoms with Gasteiger partial charge < -0.3 is 15.2 Å². The smallest absolute Gasteiger partial charge is 0.323 e. The Morgan fingerprint density at radius 3 is 2.23 bits per heavy atom. The van der Waals surface area contributed by atoms with E-state index >= 15 is 0 Å². The third kappa shape index (κ3) is 6.72. The first-order chi connectivity index (χ1) is 11.7. The largest absolute Gasteiger partial charge is 0.483 e. The monoisotopic (exact) mass is 393 g/mol. The molecule has 0 unspecified atom stereocenters. The number of hydrogen-bond donors (Lipinski definition) is 1. The summed E-state index contributed by atoms with van der Waals surface area (Å²) in [6.45, 7) is 9.29. The standard InChI is InChI=1S/C19H29F2NO3.ClH/c1-6-13(7-2)18(12(5)24-19(23)17(22)11(3)4)25-16-10-14(20)8-9-15(16)21;/h8-13,17-18H,6-7,22H2,1-5H3;1H/t12-,17-,18-;/m0./s1. The van der Waals surface area contributed by atoms with Crippen LogP contribution in [0.15, 0.2) is 18.2 Å². The lowest BCUT2D eigenvalue weighted by Crippen LogP contribution is -2.44. The third-order valence-corrected chi connectivity index (χ3v) is 4.42. The summed E-state index contributed by atoms with van der Waals surface area (Å²) in [7, 11) is 0. The Hall–Kier alpha value is -1.40. The number of hydrogen-bond acceptors (Lipinski definition) is 4. The van der Waals surface area contributed by atoms with E-state index < -0.39 is 35.9 Å². The predicted octanol–water partition coefficient (Wildman–Crippen LogP) is 4.49. The molecule has 0 spiro atoms. The van der Waals surface area contributed by atoms with Gasteiger partial charge in [0.2, 0.25) is 0 Å². The maximum absolute atomic E-state index is 13.9. The quantitative estimate of drug-likeness (QED) is 0.628. The van der Waals surface area contributed by atoms with E-state index in [0.29, 0.717) is 0 Å². The van der Waals surface area contributed by atoms with Gasteiger partial charge in [-0.2, -0.15) is 0 Å². The Balaban J connectivity index is 0.00000625. The average molecular weight is 394 g/mol. The Morgan fingerprint density at radius 2 is 1.73 bits per heavy atom. The van der Waals surface area contributed by atoms with Crippen LogP contribution in [0, 0.1) is 23.5 Å². The third-order valence-electron chi connectivity index (χ3n) is 4.42. The van der Waals surface area contributed by atoms with Gasteiger partial charge in [0.15, 0.2) is 11.6 Å². The molecule has 0 radical (unpaired) electrons. The predicted molar refractivity (Wildman–Crippen MR) is 100 cm³/mol. The lowest BCUT2D eigenvalue weighted by Gasteiger charge is -2.32. The summed E-state index contributed by atoms with van der Waals surface area (Å²) in [5.41, 5.74) is 5.82. The molecule has 0 aliphatic carbocycles. The molecule has 0 saturated heterocycles. The molecule has 3 atom stereocenters. The van der Waals surface area contributed by atoms with E-state index in [-0.39, 0.29) is 30.0 Å². The van der Waals surface area contributed by atoms with Crippen LogP contribution in [0.4, 0.5) is 8.78 Å². The van der Waals surface area contributed by atoms with Gasteiger partial charge in [-0.3, -0.25) is 4.79 Å². The number of halogens is 3. The maximum Gasteiger partial charge on any atom is 0.323 e. The minimum absolute atomic E-state index is 0. The summed E-state index contributed by atoms with van der Waals surface area (Å²) < 4.78 is 38.6. The SMILES string of the molecule is CCC(CC)[C@@H](Oc1cc(F)ccc1F)[C@H](C)OC(=O)[C@@H](N)C(C)C.Cl. The van der Waals surface area contributed by atoms with Crippen LogP contribution in [0.1, 0.15) is 47.5 Å². The van der Waals surface area contributed by atoms with Gasteiger partial charge in [-0.15, -0.1) is 12.4 Å². The van der Waals surface area contributed by atoms with Crippen molar-refractivity contribution in [2.24, 2.45) is 17.6 Å². The summed E-state index contributed by atoms with van der Waals surface area (Å²) in [5, 5.41) is 0. The highest BCUT2D eigenvalue weighted by Gasteiger charge is 2.32. The molecular weight excluding hydrogens is 364 g/mol. The molecule has 2 N–H and O–H groups in total. The fourth-order valence-corrected chi connectivity index (χ4v) is 2.64. The molecule has 0 amide bonds. The van der Waals surface area contributed by atoms with Gasteiger partial charge in [-0.1, -0.05) is 27.7 Å². The first-order valence-corrected chi connectivity index (χ1v) is 8.78. The zero-order valence-electron chi connectivity index (χ0n) is 16.0. The molecular formula is C19H30ClF2NO3. The first kappa shape index (κ1) is 24.6. The molecule has 0 heterocycles. The number of esters is 1. The molecule has 0 aliphatic heterocycles. The molecule has 150 valence electrons. The van der Waals surface area contributed by atoms with Crippen LogP contribution in [0.25, 0.3) is 0 Å². The van der Waals surface area contributed by atoms with Crippen LogP contribution in [0.5, 0.6) is 5.75 Å². The average Bonchev–Trinajstić information content (AvgIpc) is 2.56. The highest BCUT2D eigenvalue weighted by Crippen LogP contribution is 2.27. The Labute approximate surface area is 160 Å². The highest BCUT2D eigenvalue weighted by atomic mass is 35.5. The normalized spacial score (nSPS) is 14.5. The van der Waals surface area contributed by atoms with E-state index in [9.17, 15) is 13.6 Å². The first-order valence-electron chi connectivity index (χ1n) is 8.78. The minimum atomic E-state index is -0.740. The number of carbonyl (C=O) groups excluding carboxylic acids is 1. The zero-order chi connectivity index (χ0) is 19.1. The summed E-state index contributed by atoms with van der Waals surface area (Å²) in [4.78, 5) is 12.1. The Bertz CT molecular complexity index is 568. The van der Waals surface area contributed by atoms with E-state index in [2.05, 4.69) is 0 Å². The van der Waals surface area contributed by atoms with Crippen molar-refractivity contribution in [1.82, 2.24) is 0 Å². The van der Waals surface area contributed by atoms with Crippen LogP contribution in [-0.2, 0) is 9.53 Å². The number of benzene rings is 1. The van der Waals surface area contributed by atoms with Crippen molar-refractivity contribution < 1.29 is 23.0 Å². The van der Waals surface area contributed by atoms with Crippen LogP contribution in [0.2, 0.25) is 0 Å². The Morgan fingerprint density at radius 1 is 1.15 bits per heavy atom. The molecule has 26 heavy (non-hydrogen) atoms. The minimum Gasteiger partial charge on any atom is -0.483 e. The number of carbonyl (C=O) groups is 1. The van der Waals surface area contributed by atoms with E-state index in [1.807, 2.05) is 27.7 Å². The van der Waals surface area contributed by atoms with Crippen molar-refractivity contribution in [2.45, 2.75) is 65.7 Å². The van der Waals surface area contributed by atoms with Crippen molar-refractivity contribution >= 4 is 18.4 Å². The topological polar surface area (TPSA) is 61.5 Å². The molecule has 0 aromatic heterocycles. The second-order valence-electron chi connectivity index (χ2n) is 6.65. The van der Waals surface area contributed by atoms with Crippen LogP contribution >= 0.6 is 12.4 Å². The van der Waals surface area contributed by atoms with Crippen molar-refractivity contribution in [3.63, 3.8) is 0 Å². The number of ether oxygens (including phenoxy) is 2. The second kappa shape index (κ2) is 11.3. The number of rotatable bonds is 9. The van der Waals surface area contributed by atoms with Gasteiger partial charge in [-0.05, 0) is 43.7 Å². The molecule has 0 fully saturated rings. The lowest BCUT2D eigenvalue weighted by molar-refractivity contribution is -0.157. The molecule has 7 heteroatoms. The van der Waals surface area contributed by atoms with Gasteiger partial charge in [0.1, 0.15) is 24.1 Å². The van der Waals surface area contributed by atoms with E-state index in [1.54, 1.807) is 6.92 Å². The molecule has 4 nitrogen and oxygen atoms in total. The molecule has 0 saturated carbocycles. The molecule has 1 aromatic carbocycles. The fourth-order valence-electron chi connectivity index (χ4n) is 2.64. The van der Waals surface area contributed by atoms with Crippen molar-refractivity contribution in [3.8, 4) is 5.75 Å². The van der Waals surface area contributed by atoms with Gasteiger partial charge in [-0.25, -0.2) is 8.78 Å². The van der Waals surface area contributed by atoms with Crippen molar-refractivity contribution in [2.75, 3.05) is 0 Å². The summed E-state index contributed by atoms with van der Waals surface area (Å²) in [6.07, 6.45) is 0.242. The van der Waals surface area contributed by atoms with Crippen LogP contribution in [0.3, 0.4) is 0 Å². The summed E-state index contributed by atoms with van der Waals surface area (Å²) in [6, 6.07) is 2.30. The maximum atomic E-state index is 13.9. The summed E-state index contributed by atoms with van der Waals surface area (Å²) >= 11 is 0. The van der Waals surface area contributed by atoms with Crippen molar-refractivity contribution in [1.29, 1.82) is 0 Å². The lowest BCUT2D eigenvalue weighted by atomic mass is 9.93. The molecule has 1 aromatic rings. The zero-order valence-corrected chi connectivity index (χ0v) is 16.8. The van der Waals surface area contributed by atoms with E-state index in [4.69, 9.17) is 15.2 Å². The van der Waals surface area contributed by atoms with Gasteiger partial charge in [0, 0.05) is 6.07 Å². The van der Waals surface area contributed by atoms with Crippen LogP contribution < -0.4 is 10.5 Å². The second-order valence-corrected chi connectivity index (χ2v) is 6.65. The number of nitrogens with two attached hydrogens (primary N) is 1. The van der Waals surface area contributed by atoms with Crippen molar-refractivity contribution in [3.05, 3.63) is 29.8 Å². The van der Waals surface area contributed by atoms with Gasteiger partial charge >= 0.3 is 5.97 Å². The van der Waals surface area contributed by atoms with Gasteiger partial charge in [0.25, 0.3) is 0 Å². The fraction of sp³-hybridized carbons (Fsp3) is 0.632. The molecule has 0 bridgehead atoms. The molecule has 0 aliphatic rings. The van der Waals surface area contributed by atoms with Gasteiger partial charge in [0.05, 0.1) is 0 Å². The van der Waals surface area contributed by atoms with E-state index in [0.717, 1.165) is 31.0 Å². The molecule has 1 rings (SSSR count). The highest BCUT2D eigenvalue weighted by molar-refractivity contribution is 5.85. The van der Waals surface area contributed by atoms with Crippen LogP contribution in [-0.4, -0.2) is 24.2 Å². The Kier molecular flexibility index (Phi) is 10.7. The summed E-state index contributed by atoms with van der Waals surface area (Å²) in [5.74, 6) is -2.01. The van der Waals surface area contributed by atoms with E-state index in [1.165, 1.54) is 0 Å².